The van der Waals surface area contributed by atoms with E-state index in [0.29, 0.717) is 5.75 Å². The van der Waals surface area contributed by atoms with Gasteiger partial charge in [0.2, 0.25) is 0 Å². The summed E-state index contributed by atoms with van der Waals surface area (Å²) in [6, 6.07) is 18.3. The highest BCUT2D eigenvalue weighted by Crippen LogP contribution is 2.62. The number of benzene rings is 2. The van der Waals surface area contributed by atoms with Gasteiger partial charge in [-0.05, 0) is 31.5 Å². The Morgan fingerprint density at radius 2 is 1.54 bits per heavy atom. The fraction of sp³-hybridized carbons (Fsp3) is 0.400. The molecular formula is C20H21O7P. The first-order chi connectivity index (χ1) is 13.4. The van der Waals surface area contributed by atoms with Crippen LogP contribution < -0.4 is 4.52 Å². The minimum atomic E-state index is -3.93. The van der Waals surface area contributed by atoms with Crippen molar-refractivity contribution >= 4 is 7.82 Å². The Labute approximate surface area is 163 Å². The summed E-state index contributed by atoms with van der Waals surface area (Å²) in [4.78, 5) is 0. The molecule has 6 atom stereocenters. The molecule has 3 aliphatic rings. The molecule has 0 amide bonds. The first kappa shape index (κ1) is 18.3. The van der Waals surface area contributed by atoms with Crippen LogP contribution in [0.5, 0.6) is 5.75 Å². The van der Waals surface area contributed by atoms with Crippen molar-refractivity contribution < 1.29 is 32.3 Å². The molecule has 2 aromatic carbocycles. The van der Waals surface area contributed by atoms with E-state index in [4.69, 9.17) is 27.8 Å². The number of phosphoric acid groups is 1. The van der Waals surface area contributed by atoms with Gasteiger partial charge in [0.25, 0.3) is 0 Å². The molecule has 148 valence electrons. The van der Waals surface area contributed by atoms with Crippen LogP contribution in [-0.2, 0) is 27.8 Å². The Kier molecular flexibility index (Phi) is 4.36. The number of phosphoric ester groups is 1. The average Bonchev–Trinajstić information content (AvgIpc) is 3.14. The molecule has 0 radical (unpaired) electrons. The summed E-state index contributed by atoms with van der Waals surface area (Å²) in [5.74, 6) is -0.412. The van der Waals surface area contributed by atoms with Crippen LogP contribution in [0.3, 0.4) is 0 Å². The molecule has 0 saturated carbocycles. The maximum Gasteiger partial charge on any atom is 0.531 e. The van der Waals surface area contributed by atoms with Crippen LogP contribution in [0.1, 0.15) is 25.5 Å². The quantitative estimate of drug-likeness (QED) is 0.710. The highest BCUT2D eigenvalue weighted by Gasteiger charge is 2.63. The predicted octanol–water partition coefficient (Wildman–Crippen LogP) is 4.21. The van der Waals surface area contributed by atoms with E-state index >= 15 is 0 Å². The minimum absolute atomic E-state index is 0.399. The number of hydrogen-bond acceptors (Lipinski definition) is 7. The molecular weight excluding hydrogens is 383 g/mol. The Hall–Kier alpha value is -1.73. The first-order valence-corrected chi connectivity index (χ1v) is 10.7. The van der Waals surface area contributed by atoms with Crippen LogP contribution in [0.4, 0.5) is 0 Å². The summed E-state index contributed by atoms with van der Waals surface area (Å²) in [5.41, 5.74) is 0.817. The van der Waals surface area contributed by atoms with Gasteiger partial charge in [-0.2, -0.15) is 0 Å². The van der Waals surface area contributed by atoms with E-state index in [1.54, 1.807) is 38.1 Å². The van der Waals surface area contributed by atoms with Gasteiger partial charge >= 0.3 is 7.82 Å². The molecule has 28 heavy (non-hydrogen) atoms. The third-order valence-corrected chi connectivity index (χ3v) is 6.33. The summed E-state index contributed by atoms with van der Waals surface area (Å²) < 4.78 is 48.7. The average molecular weight is 404 g/mol. The van der Waals surface area contributed by atoms with Gasteiger partial charge in [0, 0.05) is 0 Å². The lowest BCUT2D eigenvalue weighted by Crippen LogP contribution is -2.43. The van der Waals surface area contributed by atoms with Crippen LogP contribution >= 0.6 is 7.82 Å². The molecule has 3 aliphatic heterocycles. The Morgan fingerprint density at radius 3 is 2.25 bits per heavy atom. The molecule has 3 fully saturated rings. The standard InChI is InChI=1S/C20H21O7P/c1-20(2)23-18-17-16(22-19(18)24-20)15(13-9-5-3-6-10-13)26-28(21,27-17)25-14-11-7-4-8-12-14/h3-12,15-19H,1-2H3/t15-,16-,17+,18-,19-,28?/m1/s1. The predicted molar refractivity (Wildman–Crippen MR) is 98.5 cm³/mol. The molecule has 1 unspecified atom stereocenters. The van der Waals surface area contributed by atoms with Crippen molar-refractivity contribution in [3.63, 3.8) is 0 Å². The van der Waals surface area contributed by atoms with E-state index in [1.165, 1.54) is 0 Å². The van der Waals surface area contributed by atoms with Crippen LogP contribution in [0.15, 0.2) is 60.7 Å². The fourth-order valence-corrected chi connectivity index (χ4v) is 5.36. The second-order valence-corrected chi connectivity index (χ2v) is 8.93. The summed E-state index contributed by atoms with van der Waals surface area (Å²) in [7, 11) is -3.93. The highest BCUT2D eigenvalue weighted by atomic mass is 31.2. The second kappa shape index (κ2) is 6.66. The first-order valence-electron chi connectivity index (χ1n) is 9.20. The minimum Gasteiger partial charge on any atom is -0.404 e. The topological polar surface area (TPSA) is 72.5 Å². The fourth-order valence-electron chi connectivity index (χ4n) is 3.79. The lowest BCUT2D eigenvalue weighted by Gasteiger charge is -2.38. The van der Waals surface area contributed by atoms with Gasteiger partial charge in [0.15, 0.2) is 12.1 Å². The molecule has 0 spiro atoms. The number of rotatable bonds is 3. The van der Waals surface area contributed by atoms with E-state index in [1.807, 2.05) is 36.4 Å². The second-order valence-electron chi connectivity index (χ2n) is 7.43. The lowest BCUT2D eigenvalue weighted by molar-refractivity contribution is -0.231. The molecule has 2 aromatic rings. The van der Waals surface area contributed by atoms with Gasteiger partial charge in [0.1, 0.15) is 30.2 Å². The van der Waals surface area contributed by atoms with E-state index in [9.17, 15) is 4.57 Å². The van der Waals surface area contributed by atoms with Gasteiger partial charge in [-0.3, -0.25) is 9.05 Å². The van der Waals surface area contributed by atoms with Crippen molar-refractivity contribution in [3.05, 3.63) is 66.2 Å². The van der Waals surface area contributed by atoms with Crippen LogP contribution in [0.25, 0.3) is 0 Å². The van der Waals surface area contributed by atoms with Gasteiger partial charge < -0.3 is 18.7 Å². The van der Waals surface area contributed by atoms with E-state index < -0.39 is 44.3 Å². The van der Waals surface area contributed by atoms with Crippen molar-refractivity contribution in [1.82, 2.24) is 0 Å². The zero-order valence-corrected chi connectivity index (χ0v) is 16.4. The molecule has 8 heteroatoms. The summed E-state index contributed by atoms with van der Waals surface area (Å²) in [6.45, 7) is 3.61. The Bertz CT molecular complexity index is 888. The monoisotopic (exact) mass is 404 g/mol. The molecule has 3 heterocycles. The van der Waals surface area contributed by atoms with Crippen LogP contribution in [0.2, 0.25) is 0 Å². The van der Waals surface area contributed by atoms with E-state index in [2.05, 4.69) is 0 Å². The summed E-state index contributed by atoms with van der Waals surface area (Å²) in [6.07, 6.45) is -2.98. The molecule has 3 saturated heterocycles. The number of para-hydroxylation sites is 1. The Balaban J connectivity index is 1.49. The molecule has 0 N–H and O–H groups in total. The van der Waals surface area contributed by atoms with E-state index in [-0.39, 0.29) is 0 Å². The molecule has 0 aromatic heterocycles. The van der Waals surface area contributed by atoms with Gasteiger partial charge in [-0.1, -0.05) is 48.5 Å². The van der Waals surface area contributed by atoms with Crippen LogP contribution in [0, 0.1) is 0 Å². The third-order valence-electron chi connectivity index (χ3n) is 4.91. The van der Waals surface area contributed by atoms with Crippen molar-refractivity contribution in [2.45, 2.75) is 50.3 Å². The van der Waals surface area contributed by atoms with Gasteiger partial charge in [0.05, 0.1) is 0 Å². The molecule has 7 nitrogen and oxygen atoms in total. The summed E-state index contributed by atoms with van der Waals surface area (Å²) >= 11 is 0. The molecule has 0 bridgehead atoms. The smallest absolute Gasteiger partial charge is 0.404 e. The zero-order valence-electron chi connectivity index (χ0n) is 15.5. The number of hydrogen-bond donors (Lipinski definition) is 0. The number of ether oxygens (including phenoxy) is 3. The third kappa shape index (κ3) is 3.28. The largest absolute Gasteiger partial charge is 0.531 e. The lowest BCUT2D eigenvalue weighted by atomic mass is 9.99. The van der Waals surface area contributed by atoms with Crippen molar-refractivity contribution in [3.8, 4) is 5.75 Å². The highest BCUT2D eigenvalue weighted by molar-refractivity contribution is 7.49. The molecule has 5 rings (SSSR count). The van der Waals surface area contributed by atoms with Crippen molar-refractivity contribution in [2.24, 2.45) is 0 Å². The van der Waals surface area contributed by atoms with Crippen molar-refractivity contribution in [2.75, 3.05) is 0 Å². The normalized spacial score (nSPS) is 38.6. The SMILES string of the molecule is CC1(C)O[C@H]2O[C@H]3[C@H](OP(=O)(Oc4ccccc4)O[C@@H]3c3ccccc3)[C@H]2O1. The van der Waals surface area contributed by atoms with E-state index in [0.717, 1.165) is 5.56 Å². The van der Waals surface area contributed by atoms with Gasteiger partial charge in [-0.25, -0.2) is 4.57 Å². The Morgan fingerprint density at radius 1 is 0.857 bits per heavy atom. The number of fused-ring (bicyclic) bond motifs is 3. The van der Waals surface area contributed by atoms with Gasteiger partial charge in [-0.15, -0.1) is 0 Å². The molecule has 0 aliphatic carbocycles. The zero-order chi connectivity index (χ0) is 19.4. The maximum atomic E-state index is 13.5. The maximum absolute atomic E-state index is 13.5. The van der Waals surface area contributed by atoms with Crippen LogP contribution in [-0.4, -0.2) is 30.4 Å². The van der Waals surface area contributed by atoms with Crippen molar-refractivity contribution in [1.29, 1.82) is 0 Å². The summed E-state index contributed by atoms with van der Waals surface area (Å²) in [5, 5.41) is 0.